The molecule has 1 fully saturated rings. The standard InChI is InChI=1S/C20H25N3OS/c24-20(23-8-6-19-18(15-23)7-13-25-19)16-22-11-9-21(10-12-22)14-17-4-2-1-3-5-17/h1-5,7,13H,6,8-12,14-16H2. The first-order valence-electron chi connectivity index (χ1n) is 9.09. The number of hydrogen-bond acceptors (Lipinski definition) is 4. The van der Waals surface area contributed by atoms with Crippen LogP contribution in [-0.4, -0.2) is 59.9 Å². The van der Waals surface area contributed by atoms with E-state index in [0.29, 0.717) is 6.54 Å². The number of carbonyl (C=O) groups is 1. The fraction of sp³-hybridized carbons (Fsp3) is 0.450. The van der Waals surface area contributed by atoms with Crippen LogP contribution in [0.25, 0.3) is 0 Å². The summed E-state index contributed by atoms with van der Waals surface area (Å²) in [4.78, 5) is 20.9. The summed E-state index contributed by atoms with van der Waals surface area (Å²) < 4.78 is 0. The molecule has 1 amide bonds. The van der Waals surface area contributed by atoms with Gasteiger partial charge in [-0.2, -0.15) is 0 Å². The van der Waals surface area contributed by atoms with Gasteiger partial charge in [0.25, 0.3) is 0 Å². The minimum atomic E-state index is 0.286. The van der Waals surface area contributed by atoms with Gasteiger partial charge in [-0.3, -0.25) is 14.6 Å². The van der Waals surface area contributed by atoms with Crippen LogP contribution >= 0.6 is 11.3 Å². The van der Waals surface area contributed by atoms with E-state index in [9.17, 15) is 4.79 Å². The molecule has 1 saturated heterocycles. The first kappa shape index (κ1) is 16.8. The van der Waals surface area contributed by atoms with Gasteiger partial charge < -0.3 is 4.90 Å². The van der Waals surface area contributed by atoms with E-state index < -0.39 is 0 Å². The predicted octanol–water partition coefficient (Wildman–Crippen LogP) is 2.45. The lowest BCUT2D eigenvalue weighted by molar-refractivity contribution is -0.133. The van der Waals surface area contributed by atoms with E-state index >= 15 is 0 Å². The average Bonchev–Trinajstić information content (AvgIpc) is 3.12. The van der Waals surface area contributed by atoms with Gasteiger partial charge >= 0.3 is 0 Å². The molecule has 1 aromatic carbocycles. The summed E-state index contributed by atoms with van der Waals surface area (Å²) in [6.07, 6.45) is 1.02. The Morgan fingerprint density at radius 3 is 2.52 bits per heavy atom. The predicted molar refractivity (Wildman–Crippen MR) is 102 cm³/mol. The van der Waals surface area contributed by atoms with Crippen molar-refractivity contribution in [2.45, 2.75) is 19.5 Å². The van der Waals surface area contributed by atoms with Gasteiger partial charge in [-0.05, 0) is 29.0 Å². The van der Waals surface area contributed by atoms with Crippen molar-refractivity contribution in [2.75, 3.05) is 39.3 Å². The van der Waals surface area contributed by atoms with Gasteiger partial charge in [-0.15, -0.1) is 11.3 Å². The van der Waals surface area contributed by atoms with E-state index in [1.165, 1.54) is 16.0 Å². The summed E-state index contributed by atoms with van der Waals surface area (Å²) >= 11 is 1.82. The molecule has 3 heterocycles. The smallest absolute Gasteiger partial charge is 0.237 e. The van der Waals surface area contributed by atoms with Gasteiger partial charge in [0.05, 0.1) is 6.54 Å². The van der Waals surface area contributed by atoms with Crippen molar-refractivity contribution in [3.05, 3.63) is 57.8 Å². The van der Waals surface area contributed by atoms with Crippen molar-refractivity contribution in [1.29, 1.82) is 0 Å². The monoisotopic (exact) mass is 355 g/mol. The number of hydrogen-bond donors (Lipinski definition) is 0. The van der Waals surface area contributed by atoms with Crippen LogP contribution in [-0.2, 0) is 24.3 Å². The van der Waals surface area contributed by atoms with Crippen molar-refractivity contribution in [3.8, 4) is 0 Å². The van der Waals surface area contributed by atoms with Gasteiger partial charge in [0, 0.05) is 50.7 Å². The number of rotatable bonds is 4. The number of benzene rings is 1. The highest BCUT2D eigenvalue weighted by Crippen LogP contribution is 2.24. The quantitative estimate of drug-likeness (QED) is 0.843. The Kier molecular flexibility index (Phi) is 5.15. The molecule has 2 aromatic rings. The van der Waals surface area contributed by atoms with Crippen LogP contribution in [0.1, 0.15) is 16.0 Å². The molecule has 25 heavy (non-hydrogen) atoms. The molecular weight excluding hydrogens is 330 g/mol. The number of piperazine rings is 1. The highest BCUT2D eigenvalue weighted by Gasteiger charge is 2.24. The average molecular weight is 356 g/mol. The Balaban J connectivity index is 1.24. The molecule has 0 unspecified atom stereocenters. The van der Waals surface area contributed by atoms with E-state index in [2.05, 4.69) is 51.6 Å². The van der Waals surface area contributed by atoms with E-state index in [1.807, 2.05) is 16.2 Å². The number of carbonyl (C=O) groups excluding carboxylic acids is 1. The Hall–Kier alpha value is -1.69. The third-order valence-corrected chi connectivity index (χ3v) is 6.26. The molecule has 0 spiro atoms. The van der Waals surface area contributed by atoms with Crippen molar-refractivity contribution in [3.63, 3.8) is 0 Å². The molecule has 0 aliphatic carbocycles. The van der Waals surface area contributed by atoms with Crippen LogP contribution in [0, 0.1) is 0 Å². The zero-order valence-corrected chi connectivity index (χ0v) is 15.4. The molecule has 0 radical (unpaired) electrons. The van der Waals surface area contributed by atoms with Crippen molar-refractivity contribution in [1.82, 2.24) is 14.7 Å². The summed E-state index contributed by atoms with van der Waals surface area (Å²) in [7, 11) is 0. The SMILES string of the molecule is O=C(CN1CCN(Cc2ccccc2)CC1)N1CCc2sccc2C1. The molecule has 0 N–H and O–H groups in total. The Bertz CT molecular complexity index is 707. The normalized spacial score (nSPS) is 19.0. The lowest BCUT2D eigenvalue weighted by Crippen LogP contribution is -2.50. The molecule has 5 heteroatoms. The second-order valence-corrected chi connectivity index (χ2v) is 7.97. The van der Waals surface area contributed by atoms with Gasteiger partial charge in [-0.1, -0.05) is 30.3 Å². The van der Waals surface area contributed by atoms with E-state index in [1.54, 1.807) is 0 Å². The minimum Gasteiger partial charge on any atom is -0.337 e. The molecular formula is C20H25N3OS. The number of thiophene rings is 1. The number of nitrogens with zero attached hydrogens (tertiary/aromatic N) is 3. The molecule has 0 atom stereocenters. The first-order valence-corrected chi connectivity index (χ1v) is 9.97. The van der Waals surface area contributed by atoms with Gasteiger partial charge in [0.1, 0.15) is 0 Å². The van der Waals surface area contributed by atoms with Crippen LogP contribution in [0.15, 0.2) is 41.8 Å². The van der Waals surface area contributed by atoms with Gasteiger partial charge in [0.15, 0.2) is 0 Å². The Morgan fingerprint density at radius 1 is 0.960 bits per heavy atom. The van der Waals surface area contributed by atoms with E-state index in [0.717, 1.165) is 52.2 Å². The molecule has 2 aliphatic rings. The molecule has 0 bridgehead atoms. The van der Waals surface area contributed by atoms with Gasteiger partial charge in [0.2, 0.25) is 5.91 Å². The lowest BCUT2D eigenvalue weighted by Gasteiger charge is -2.36. The fourth-order valence-corrected chi connectivity index (χ4v) is 4.59. The van der Waals surface area contributed by atoms with Crippen LogP contribution in [0.2, 0.25) is 0 Å². The van der Waals surface area contributed by atoms with Crippen LogP contribution < -0.4 is 0 Å². The zero-order valence-electron chi connectivity index (χ0n) is 14.6. The highest BCUT2D eigenvalue weighted by molar-refractivity contribution is 7.10. The second-order valence-electron chi connectivity index (χ2n) is 6.97. The van der Waals surface area contributed by atoms with E-state index in [4.69, 9.17) is 0 Å². The summed E-state index contributed by atoms with van der Waals surface area (Å²) in [6.45, 7) is 7.29. The topological polar surface area (TPSA) is 26.8 Å². The summed E-state index contributed by atoms with van der Waals surface area (Å²) in [6, 6.07) is 12.8. The largest absolute Gasteiger partial charge is 0.337 e. The molecule has 1 aromatic heterocycles. The summed E-state index contributed by atoms with van der Waals surface area (Å²) in [5.41, 5.74) is 2.71. The van der Waals surface area contributed by atoms with Crippen molar-refractivity contribution >= 4 is 17.2 Å². The number of fused-ring (bicyclic) bond motifs is 1. The second kappa shape index (κ2) is 7.68. The van der Waals surface area contributed by atoms with Crippen LogP contribution in [0.4, 0.5) is 0 Å². The van der Waals surface area contributed by atoms with E-state index in [-0.39, 0.29) is 5.91 Å². The molecule has 132 valence electrons. The summed E-state index contributed by atoms with van der Waals surface area (Å²) in [5.74, 6) is 0.286. The maximum atomic E-state index is 12.6. The molecule has 4 nitrogen and oxygen atoms in total. The lowest BCUT2D eigenvalue weighted by atomic mass is 10.1. The molecule has 4 rings (SSSR count). The minimum absolute atomic E-state index is 0.286. The van der Waals surface area contributed by atoms with Crippen LogP contribution in [0.5, 0.6) is 0 Å². The maximum Gasteiger partial charge on any atom is 0.237 e. The molecule has 0 saturated carbocycles. The third kappa shape index (κ3) is 4.11. The summed E-state index contributed by atoms with van der Waals surface area (Å²) in [5, 5.41) is 2.14. The van der Waals surface area contributed by atoms with Crippen LogP contribution in [0.3, 0.4) is 0 Å². The Morgan fingerprint density at radius 2 is 1.72 bits per heavy atom. The zero-order chi connectivity index (χ0) is 17.1. The highest BCUT2D eigenvalue weighted by atomic mass is 32.1. The van der Waals surface area contributed by atoms with Crippen molar-refractivity contribution < 1.29 is 4.79 Å². The third-order valence-electron chi connectivity index (χ3n) is 5.23. The fourth-order valence-electron chi connectivity index (χ4n) is 3.70. The maximum absolute atomic E-state index is 12.6. The van der Waals surface area contributed by atoms with Crippen molar-refractivity contribution in [2.24, 2.45) is 0 Å². The first-order chi connectivity index (χ1) is 12.3. The number of amides is 1. The Labute approximate surface area is 153 Å². The molecule has 2 aliphatic heterocycles. The van der Waals surface area contributed by atoms with Gasteiger partial charge in [-0.25, -0.2) is 0 Å².